The molecule has 2 fully saturated rings. The third-order valence-corrected chi connectivity index (χ3v) is 5.45. The number of nitrogens with one attached hydrogen (secondary N) is 2. The van der Waals surface area contributed by atoms with E-state index in [2.05, 4.69) is 15.5 Å². The molecule has 2 aliphatic carbocycles. The van der Waals surface area contributed by atoms with Gasteiger partial charge in [0.05, 0.1) is 6.04 Å². The summed E-state index contributed by atoms with van der Waals surface area (Å²) in [6.07, 6.45) is 6.22. The molecule has 3 aliphatic rings. The highest BCUT2D eigenvalue weighted by Gasteiger charge is 2.32. The van der Waals surface area contributed by atoms with Gasteiger partial charge in [0.1, 0.15) is 5.82 Å². The smallest absolute Gasteiger partial charge is 0.315 e. The van der Waals surface area contributed by atoms with E-state index in [1.807, 2.05) is 6.07 Å². The van der Waals surface area contributed by atoms with E-state index < -0.39 is 0 Å². The van der Waals surface area contributed by atoms with Crippen molar-refractivity contribution in [3.05, 3.63) is 35.1 Å². The Morgan fingerprint density at radius 2 is 1.87 bits per heavy atom. The summed E-state index contributed by atoms with van der Waals surface area (Å²) < 4.78 is 13.7. The van der Waals surface area contributed by atoms with Crippen molar-refractivity contribution < 1.29 is 9.18 Å². The maximum atomic E-state index is 13.7. The minimum atomic E-state index is -0.153. The van der Waals surface area contributed by atoms with Crippen LogP contribution in [-0.2, 0) is 6.42 Å². The average Bonchev–Trinajstić information content (AvgIpc) is 3.31. The van der Waals surface area contributed by atoms with Gasteiger partial charge in [0, 0.05) is 25.2 Å². The van der Waals surface area contributed by atoms with Gasteiger partial charge in [-0.15, -0.1) is 0 Å². The van der Waals surface area contributed by atoms with Gasteiger partial charge in [0.25, 0.3) is 0 Å². The van der Waals surface area contributed by atoms with Crippen LogP contribution in [0.4, 0.5) is 9.18 Å². The van der Waals surface area contributed by atoms with Crippen molar-refractivity contribution in [2.75, 3.05) is 13.1 Å². The Morgan fingerprint density at radius 3 is 2.61 bits per heavy atom. The standard InChI is InChI=1S/C18H24FN3O/c19-16-3-1-2-15-14(16)6-7-17(15)21-18(23)20-12-8-10-22(11-9-12)13-4-5-13/h1-3,12-13,17H,4-11H2,(H2,20,21,23). The molecule has 1 atom stereocenters. The normalized spacial score (nSPS) is 25.2. The summed E-state index contributed by atoms with van der Waals surface area (Å²) in [5.41, 5.74) is 1.69. The fourth-order valence-corrected chi connectivity index (χ4v) is 3.99. The summed E-state index contributed by atoms with van der Waals surface area (Å²) in [5.74, 6) is -0.153. The van der Waals surface area contributed by atoms with Crippen LogP contribution < -0.4 is 10.6 Å². The second-order valence-electron chi connectivity index (χ2n) is 7.06. The van der Waals surface area contributed by atoms with Crippen molar-refractivity contribution in [2.45, 2.75) is 56.7 Å². The molecule has 1 saturated heterocycles. The number of urea groups is 1. The van der Waals surface area contributed by atoms with Gasteiger partial charge in [0.15, 0.2) is 0 Å². The predicted octanol–water partition coefficient (Wildman–Crippen LogP) is 2.74. The van der Waals surface area contributed by atoms with Crippen molar-refractivity contribution >= 4 is 6.03 Å². The quantitative estimate of drug-likeness (QED) is 0.900. The van der Waals surface area contributed by atoms with Gasteiger partial charge < -0.3 is 15.5 Å². The number of halogens is 1. The number of amides is 2. The molecule has 0 aromatic heterocycles. The molecule has 2 N–H and O–H groups in total. The van der Waals surface area contributed by atoms with Gasteiger partial charge in [-0.3, -0.25) is 0 Å². The zero-order chi connectivity index (χ0) is 15.8. The molecule has 23 heavy (non-hydrogen) atoms. The Morgan fingerprint density at radius 1 is 1.09 bits per heavy atom. The monoisotopic (exact) mass is 317 g/mol. The molecule has 1 saturated carbocycles. The van der Waals surface area contributed by atoms with Crippen molar-refractivity contribution in [3.8, 4) is 0 Å². The SMILES string of the molecule is O=C(NC1CCN(C2CC2)CC1)NC1CCc2c(F)cccc21. The first-order chi connectivity index (χ1) is 11.2. The van der Waals surface area contributed by atoms with Crippen LogP contribution in [0.25, 0.3) is 0 Å². The zero-order valence-electron chi connectivity index (χ0n) is 13.4. The topological polar surface area (TPSA) is 44.4 Å². The number of benzene rings is 1. The van der Waals surface area contributed by atoms with Crippen LogP contribution in [0.1, 0.15) is 49.3 Å². The largest absolute Gasteiger partial charge is 0.335 e. The molecule has 0 bridgehead atoms. The summed E-state index contributed by atoms with van der Waals surface area (Å²) in [6, 6.07) is 6.04. The molecular formula is C18H24FN3O. The third kappa shape index (κ3) is 3.20. The Balaban J connectivity index is 1.29. The number of nitrogens with zero attached hydrogens (tertiary/aromatic N) is 1. The Hall–Kier alpha value is -1.62. The van der Waals surface area contributed by atoms with Crippen LogP contribution in [-0.4, -0.2) is 36.1 Å². The highest BCUT2D eigenvalue weighted by atomic mass is 19.1. The molecule has 1 aliphatic heterocycles. The molecule has 4 rings (SSSR count). The van der Waals surface area contributed by atoms with Crippen molar-refractivity contribution in [1.29, 1.82) is 0 Å². The van der Waals surface area contributed by atoms with Gasteiger partial charge in [-0.2, -0.15) is 0 Å². The third-order valence-electron chi connectivity index (χ3n) is 5.45. The maximum Gasteiger partial charge on any atom is 0.315 e. The number of rotatable bonds is 3. The maximum absolute atomic E-state index is 13.7. The average molecular weight is 317 g/mol. The number of hydrogen-bond acceptors (Lipinski definition) is 2. The molecule has 1 heterocycles. The summed E-state index contributed by atoms with van der Waals surface area (Å²) in [4.78, 5) is 14.8. The number of carbonyl (C=O) groups excluding carboxylic acids is 1. The van der Waals surface area contributed by atoms with Crippen LogP contribution in [0.5, 0.6) is 0 Å². The summed E-state index contributed by atoms with van der Waals surface area (Å²) in [6.45, 7) is 2.18. The van der Waals surface area contributed by atoms with E-state index in [1.165, 1.54) is 18.9 Å². The highest BCUT2D eigenvalue weighted by molar-refractivity contribution is 5.75. The van der Waals surface area contributed by atoms with Gasteiger partial charge in [-0.1, -0.05) is 12.1 Å². The molecule has 2 amide bonds. The Kier molecular flexibility index (Phi) is 3.97. The van der Waals surface area contributed by atoms with Crippen molar-refractivity contribution in [3.63, 3.8) is 0 Å². The lowest BCUT2D eigenvalue weighted by Gasteiger charge is -2.32. The van der Waals surface area contributed by atoms with Gasteiger partial charge in [-0.25, -0.2) is 9.18 Å². The van der Waals surface area contributed by atoms with E-state index in [-0.39, 0.29) is 23.9 Å². The Labute approximate surface area is 136 Å². The molecule has 1 unspecified atom stereocenters. The van der Waals surface area contributed by atoms with E-state index in [9.17, 15) is 9.18 Å². The molecule has 1 aromatic carbocycles. The summed E-state index contributed by atoms with van der Waals surface area (Å²) in [7, 11) is 0. The predicted molar refractivity (Wildman–Crippen MR) is 86.7 cm³/mol. The van der Waals surface area contributed by atoms with Crippen molar-refractivity contribution in [1.82, 2.24) is 15.5 Å². The summed E-state index contributed by atoms with van der Waals surface area (Å²) >= 11 is 0. The van der Waals surface area contributed by atoms with E-state index in [1.54, 1.807) is 6.07 Å². The van der Waals surface area contributed by atoms with Gasteiger partial charge in [-0.05, 0) is 55.7 Å². The van der Waals surface area contributed by atoms with E-state index >= 15 is 0 Å². The van der Waals surface area contributed by atoms with E-state index in [0.29, 0.717) is 6.42 Å². The first-order valence-electron chi connectivity index (χ1n) is 8.79. The van der Waals surface area contributed by atoms with Crippen LogP contribution >= 0.6 is 0 Å². The Bertz CT molecular complexity index is 594. The molecule has 1 aromatic rings. The van der Waals surface area contributed by atoms with Crippen LogP contribution in [0.3, 0.4) is 0 Å². The van der Waals surface area contributed by atoms with E-state index in [0.717, 1.165) is 49.5 Å². The van der Waals surface area contributed by atoms with Crippen LogP contribution in [0, 0.1) is 5.82 Å². The minimum Gasteiger partial charge on any atom is -0.335 e. The number of carbonyl (C=O) groups is 1. The lowest BCUT2D eigenvalue weighted by Crippen LogP contribution is -2.48. The van der Waals surface area contributed by atoms with E-state index in [4.69, 9.17) is 0 Å². The van der Waals surface area contributed by atoms with Gasteiger partial charge in [0.2, 0.25) is 0 Å². The molecular weight excluding hydrogens is 293 g/mol. The highest BCUT2D eigenvalue weighted by Crippen LogP contribution is 2.32. The number of likely N-dealkylation sites (tertiary alicyclic amines) is 1. The molecule has 4 nitrogen and oxygen atoms in total. The van der Waals surface area contributed by atoms with Gasteiger partial charge >= 0.3 is 6.03 Å². The molecule has 5 heteroatoms. The number of piperidine rings is 1. The molecule has 0 spiro atoms. The zero-order valence-corrected chi connectivity index (χ0v) is 13.4. The first-order valence-corrected chi connectivity index (χ1v) is 8.79. The number of hydrogen-bond donors (Lipinski definition) is 2. The number of fused-ring (bicyclic) bond motifs is 1. The van der Waals surface area contributed by atoms with Crippen LogP contribution in [0.15, 0.2) is 18.2 Å². The van der Waals surface area contributed by atoms with Crippen molar-refractivity contribution in [2.24, 2.45) is 0 Å². The minimum absolute atomic E-state index is 0.0627. The van der Waals surface area contributed by atoms with Crippen LogP contribution in [0.2, 0.25) is 0 Å². The second-order valence-corrected chi connectivity index (χ2v) is 7.06. The fourth-order valence-electron chi connectivity index (χ4n) is 3.99. The molecule has 0 radical (unpaired) electrons. The summed E-state index contributed by atoms with van der Waals surface area (Å²) in [5, 5.41) is 6.13. The second kappa shape index (κ2) is 6.11. The first kappa shape index (κ1) is 14.9. The molecule has 124 valence electrons. The fraction of sp³-hybridized carbons (Fsp3) is 0.611. The lowest BCUT2D eigenvalue weighted by atomic mass is 10.1. The lowest BCUT2D eigenvalue weighted by molar-refractivity contribution is 0.185.